The first-order chi connectivity index (χ1) is 14.5. The number of rotatable bonds is 10. The van der Waals surface area contributed by atoms with Crippen molar-refractivity contribution >= 4 is 29.7 Å². The van der Waals surface area contributed by atoms with E-state index in [4.69, 9.17) is 4.74 Å². The van der Waals surface area contributed by atoms with Gasteiger partial charge in [0.05, 0.1) is 0 Å². The first-order valence-electron chi connectivity index (χ1n) is 10.4. The molecule has 166 valence electrons. The zero-order chi connectivity index (χ0) is 21.9. The number of carbonyl (C=O) groups excluding carboxylic acids is 2. The molecule has 1 aliphatic heterocycles. The first-order valence-corrected chi connectivity index (χ1v) is 11.8. The second-order valence-electron chi connectivity index (χ2n) is 7.61. The van der Waals surface area contributed by atoms with Crippen LogP contribution in [0.3, 0.4) is 0 Å². The maximum absolute atomic E-state index is 13.0. The third-order valence-electron chi connectivity index (χ3n) is 5.43. The monoisotopic (exact) mass is 436 g/mol. The largest absolute Gasteiger partial charge is 0.465 e. The number of esters is 1. The molecule has 0 aromatic heterocycles. The predicted molar refractivity (Wildman–Crippen MR) is 117 cm³/mol. The van der Waals surface area contributed by atoms with Gasteiger partial charge in [0.15, 0.2) is 0 Å². The average molecular weight is 437 g/mol. The maximum atomic E-state index is 13.0. The Balaban J connectivity index is 2.00. The summed E-state index contributed by atoms with van der Waals surface area (Å²) in [6, 6.07) is 9.25. The number of piperidine rings is 1. The smallest absolute Gasteiger partial charge is 0.407 e. The summed E-state index contributed by atoms with van der Waals surface area (Å²) in [5.41, 5.74) is 0.874. The van der Waals surface area contributed by atoms with Crippen LogP contribution in [-0.4, -0.2) is 59.1 Å². The summed E-state index contributed by atoms with van der Waals surface area (Å²) in [6.45, 7) is 2.97. The summed E-state index contributed by atoms with van der Waals surface area (Å²) >= 11 is 1.58. The lowest BCUT2D eigenvalue weighted by atomic mass is 9.88. The van der Waals surface area contributed by atoms with Crippen LogP contribution in [0, 0.1) is 11.8 Å². The van der Waals surface area contributed by atoms with Gasteiger partial charge in [-0.3, -0.25) is 9.59 Å². The third-order valence-corrected chi connectivity index (χ3v) is 6.07. The van der Waals surface area contributed by atoms with Crippen molar-refractivity contribution in [3.8, 4) is 0 Å². The van der Waals surface area contributed by atoms with E-state index in [1.807, 2.05) is 43.5 Å². The van der Waals surface area contributed by atoms with E-state index >= 15 is 0 Å². The second kappa shape index (κ2) is 12.5. The lowest BCUT2D eigenvalue weighted by molar-refractivity contribution is -0.154. The van der Waals surface area contributed by atoms with Crippen molar-refractivity contribution in [3.63, 3.8) is 0 Å². The molecule has 1 saturated heterocycles. The lowest BCUT2D eigenvalue weighted by Gasteiger charge is -2.38. The van der Waals surface area contributed by atoms with Crippen molar-refractivity contribution in [1.29, 1.82) is 0 Å². The molecule has 2 amide bonds. The van der Waals surface area contributed by atoms with E-state index in [0.29, 0.717) is 31.7 Å². The fraction of sp³-hybridized carbons (Fsp3) is 0.591. The normalized spacial score (nSPS) is 19.7. The Morgan fingerprint density at radius 3 is 2.67 bits per heavy atom. The molecule has 0 bridgehead atoms. The van der Waals surface area contributed by atoms with Crippen molar-refractivity contribution < 1.29 is 24.2 Å². The molecule has 0 saturated carbocycles. The number of nitrogens with one attached hydrogen (secondary N) is 1. The molecule has 2 rings (SSSR count). The molecule has 8 heteroatoms. The summed E-state index contributed by atoms with van der Waals surface area (Å²) in [6.07, 6.45) is 3.69. The van der Waals surface area contributed by atoms with Gasteiger partial charge in [-0.2, -0.15) is 11.8 Å². The standard InChI is InChI=1S/C22H32N2O5S/c1-3-7-17-14-24(22(27)28)12-10-19(17)23-20(25)18(11-13-30-2)21(26)29-15-16-8-5-4-6-9-16/h4-6,8-9,17-19H,3,7,10-15H2,1-2H3,(H,23,25)(H,27,28)/t17?,18-,19?/m0/s1. The van der Waals surface area contributed by atoms with E-state index in [1.165, 1.54) is 4.90 Å². The molecule has 1 aromatic rings. The number of likely N-dealkylation sites (tertiary alicyclic amines) is 1. The molecular formula is C22H32N2O5S. The van der Waals surface area contributed by atoms with E-state index in [9.17, 15) is 19.5 Å². The van der Waals surface area contributed by atoms with Gasteiger partial charge in [-0.15, -0.1) is 0 Å². The molecular weight excluding hydrogens is 404 g/mol. The number of amides is 2. The topological polar surface area (TPSA) is 95.9 Å². The van der Waals surface area contributed by atoms with E-state index < -0.39 is 18.0 Å². The second-order valence-corrected chi connectivity index (χ2v) is 8.59. The van der Waals surface area contributed by atoms with Crippen LogP contribution in [0.15, 0.2) is 30.3 Å². The Hall–Kier alpha value is -2.22. The number of hydrogen-bond acceptors (Lipinski definition) is 5. The van der Waals surface area contributed by atoms with E-state index in [1.54, 1.807) is 11.8 Å². The molecule has 1 aromatic carbocycles. The Kier molecular flexibility index (Phi) is 10.00. The van der Waals surface area contributed by atoms with E-state index in [2.05, 4.69) is 5.32 Å². The van der Waals surface area contributed by atoms with Crippen LogP contribution in [0.25, 0.3) is 0 Å². The fourth-order valence-electron chi connectivity index (χ4n) is 3.76. The summed E-state index contributed by atoms with van der Waals surface area (Å²) in [7, 11) is 0. The van der Waals surface area contributed by atoms with Gasteiger partial charge in [0.25, 0.3) is 0 Å². The summed E-state index contributed by atoms with van der Waals surface area (Å²) in [4.78, 5) is 38.4. The van der Waals surface area contributed by atoms with Gasteiger partial charge in [0, 0.05) is 19.1 Å². The van der Waals surface area contributed by atoms with Crippen molar-refractivity contribution in [2.24, 2.45) is 11.8 Å². The molecule has 3 atom stereocenters. The Morgan fingerprint density at radius 2 is 2.03 bits per heavy atom. The van der Waals surface area contributed by atoms with Gasteiger partial charge < -0.3 is 20.1 Å². The molecule has 1 fully saturated rings. The van der Waals surface area contributed by atoms with Crippen molar-refractivity contribution in [1.82, 2.24) is 10.2 Å². The van der Waals surface area contributed by atoms with Crippen LogP contribution in [0.4, 0.5) is 4.79 Å². The molecule has 0 spiro atoms. The van der Waals surface area contributed by atoms with Gasteiger partial charge in [-0.25, -0.2) is 4.79 Å². The summed E-state index contributed by atoms with van der Waals surface area (Å²) in [5, 5.41) is 12.3. The maximum Gasteiger partial charge on any atom is 0.407 e. The van der Waals surface area contributed by atoms with Crippen LogP contribution in [0.5, 0.6) is 0 Å². The minimum Gasteiger partial charge on any atom is -0.465 e. The zero-order valence-electron chi connectivity index (χ0n) is 17.7. The molecule has 1 aliphatic rings. The minimum absolute atomic E-state index is 0.0466. The molecule has 1 heterocycles. The average Bonchev–Trinajstić information content (AvgIpc) is 2.74. The molecule has 0 aliphatic carbocycles. The van der Waals surface area contributed by atoms with Gasteiger partial charge in [-0.05, 0) is 42.8 Å². The Morgan fingerprint density at radius 1 is 1.30 bits per heavy atom. The Bertz CT molecular complexity index is 700. The van der Waals surface area contributed by atoms with Crippen molar-refractivity contribution in [2.45, 2.75) is 45.3 Å². The van der Waals surface area contributed by atoms with Crippen LogP contribution in [-0.2, 0) is 20.9 Å². The van der Waals surface area contributed by atoms with Gasteiger partial charge in [0.1, 0.15) is 12.5 Å². The summed E-state index contributed by atoms with van der Waals surface area (Å²) < 4.78 is 5.43. The lowest BCUT2D eigenvalue weighted by Crippen LogP contribution is -2.53. The molecule has 30 heavy (non-hydrogen) atoms. The van der Waals surface area contributed by atoms with Gasteiger partial charge >= 0.3 is 12.1 Å². The summed E-state index contributed by atoms with van der Waals surface area (Å²) in [5.74, 6) is -0.974. The molecule has 2 unspecified atom stereocenters. The van der Waals surface area contributed by atoms with E-state index in [-0.39, 0.29) is 24.5 Å². The zero-order valence-corrected chi connectivity index (χ0v) is 18.5. The number of hydrogen-bond donors (Lipinski definition) is 2. The highest BCUT2D eigenvalue weighted by Gasteiger charge is 2.35. The highest BCUT2D eigenvalue weighted by molar-refractivity contribution is 7.98. The highest BCUT2D eigenvalue weighted by Crippen LogP contribution is 2.23. The third kappa shape index (κ3) is 7.23. The number of carboxylic acid groups (broad SMARTS) is 1. The fourth-order valence-corrected chi connectivity index (χ4v) is 4.23. The Labute approximate surface area is 182 Å². The van der Waals surface area contributed by atoms with Crippen LogP contribution in [0.1, 0.15) is 38.2 Å². The predicted octanol–water partition coefficient (Wildman–Crippen LogP) is 3.38. The van der Waals surface area contributed by atoms with Crippen molar-refractivity contribution in [2.75, 3.05) is 25.1 Å². The van der Waals surface area contributed by atoms with Crippen LogP contribution in [0.2, 0.25) is 0 Å². The SMILES string of the molecule is CCCC1CN(C(=O)O)CCC1NC(=O)[C@H](CCSC)C(=O)OCc1ccccc1. The number of nitrogens with zero attached hydrogens (tertiary/aromatic N) is 1. The number of ether oxygens (including phenoxy) is 1. The van der Waals surface area contributed by atoms with Gasteiger partial charge in [0.2, 0.25) is 5.91 Å². The minimum atomic E-state index is -0.928. The first kappa shape index (κ1) is 24.1. The quantitative estimate of drug-likeness (QED) is 0.431. The van der Waals surface area contributed by atoms with Gasteiger partial charge in [-0.1, -0.05) is 43.7 Å². The number of thioether (sulfide) groups is 1. The van der Waals surface area contributed by atoms with Crippen molar-refractivity contribution in [3.05, 3.63) is 35.9 Å². The highest BCUT2D eigenvalue weighted by atomic mass is 32.2. The van der Waals surface area contributed by atoms with E-state index in [0.717, 1.165) is 18.4 Å². The molecule has 2 N–H and O–H groups in total. The molecule has 0 radical (unpaired) electrons. The molecule has 7 nitrogen and oxygen atoms in total. The van der Waals surface area contributed by atoms with Crippen LogP contribution >= 0.6 is 11.8 Å². The number of carbonyl (C=O) groups is 3. The number of benzene rings is 1. The van der Waals surface area contributed by atoms with Crippen LogP contribution < -0.4 is 5.32 Å².